The number of furan rings is 1. The maximum atomic E-state index is 5.60. The topological polar surface area (TPSA) is 43.6 Å². The van der Waals surface area contributed by atoms with Crippen LogP contribution in [0.15, 0.2) is 45.5 Å². The van der Waals surface area contributed by atoms with Gasteiger partial charge < -0.3 is 19.2 Å². The van der Waals surface area contributed by atoms with Gasteiger partial charge in [-0.05, 0) is 31.2 Å². The van der Waals surface area contributed by atoms with Crippen LogP contribution >= 0.6 is 35.4 Å². The third-order valence-electron chi connectivity index (χ3n) is 3.00. The Labute approximate surface area is 150 Å². The van der Waals surface area contributed by atoms with E-state index in [1.54, 1.807) is 31.6 Å². The molecule has 122 valence electrons. The second kappa shape index (κ2) is 8.24. The fraction of sp³-hybridized carbons (Fsp3) is 0.188. The van der Waals surface area contributed by atoms with Gasteiger partial charge in [0, 0.05) is 11.8 Å². The predicted octanol–water partition coefficient (Wildman–Crippen LogP) is 5.08. The monoisotopic (exact) mass is 371 g/mol. The summed E-state index contributed by atoms with van der Waals surface area (Å²) in [7, 11) is 1.57. The Kier molecular flexibility index (Phi) is 6.33. The van der Waals surface area contributed by atoms with Crippen molar-refractivity contribution >= 4 is 46.1 Å². The first-order valence-electron chi connectivity index (χ1n) is 6.68. The van der Waals surface area contributed by atoms with Gasteiger partial charge in [0.25, 0.3) is 0 Å². The van der Waals surface area contributed by atoms with Crippen molar-refractivity contribution in [1.82, 2.24) is 0 Å². The van der Waals surface area contributed by atoms with E-state index in [1.807, 2.05) is 19.1 Å². The van der Waals surface area contributed by atoms with Crippen molar-refractivity contribution in [3.8, 4) is 11.5 Å². The molecule has 0 bridgehead atoms. The van der Waals surface area contributed by atoms with E-state index >= 15 is 0 Å². The van der Waals surface area contributed by atoms with Crippen LogP contribution in [0.3, 0.4) is 0 Å². The lowest BCUT2D eigenvalue weighted by Crippen LogP contribution is -2.11. The smallest absolute Gasteiger partial charge is 0.163 e. The van der Waals surface area contributed by atoms with Crippen LogP contribution in [0.4, 0.5) is 5.69 Å². The molecule has 1 aromatic carbocycles. The Morgan fingerprint density at radius 3 is 2.70 bits per heavy atom. The minimum atomic E-state index is 0.148. The molecule has 1 heterocycles. The minimum Gasteiger partial charge on any atom is -0.493 e. The molecule has 1 N–H and O–H groups in total. The lowest BCUT2D eigenvalue weighted by molar-refractivity contribution is 0.326. The van der Waals surface area contributed by atoms with Crippen LogP contribution in [0.1, 0.15) is 11.3 Å². The van der Waals surface area contributed by atoms with Crippen LogP contribution in [0.25, 0.3) is 0 Å². The summed E-state index contributed by atoms with van der Waals surface area (Å²) < 4.78 is 16.3. The summed E-state index contributed by atoms with van der Waals surface area (Å²) in [4.78, 5) is 0.566. The van der Waals surface area contributed by atoms with E-state index in [1.165, 1.54) is 0 Å². The van der Waals surface area contributed by atoms with Gasteiger partial charge in [-0.2, -0.15) is 0 Å². The molecule has 0 radical (unpaired) electrons. The molecule has 23 heavy (non-hydrogen) atoms. The normalized spacial score (nSPS) is 10.1. The van der Waals surface area contributed by atoms with Gasteiger partial charge in [0.15, 0.2) is 11.5 Å². The molecule has 0 saturated carbocycles. The third kappa shape index (κ3) is 4.89. The number of rotatable bonds is 6. The van der Waals surface area contributed by atoms with Gasteiger partial charge in [0.05, 0.1) is 18.9 Å². The number of ether oxygens (including phenoxy) is 2. The Balaban J connectivity index is 2.15. The average Bonchev–Trinajstić information content (AvgIpc) is 2.93. The molecule has 0 aliphatic heterocycles. The number of methoxy groups -OCH3 is 1. The van der Waals surface area contributed by atoms with Gasteiger partial charge in [-0.3, -0.25) is 0 Å². The maximum Gasteiger partial charge on any atom is 0.163 e. The van der Waals surface area contributed by atoms with Crippen LogP contribution in [-0.2, 0) is 0 Å². The Morgan fingerprint density at radius 1 is 1.30 bits per heavy atom. The first-order valence-corrected chi connectivity index (χ1v) is 7.85. The maximum absolute atomic E-state index is 5.60. The largest absolute Gasteiger partial charge is 0.493 e. The molecule has 0 spiro atoms. The van der Waals surface area contributed by atoms with Gasteiger partial charge in [0.2, 0.25) is 0 Å². The van der Waals surface area contributed by atoms with Crippen molar-refractivity contribution in [2.45, 2.75) is 6.92 Å². The van der Waals surface area contributed by atoms with Crippen molar-refractivity contribution in [2.75, 3.05) is 19.0 Å². The number of aryl methyl sites for hydroxylation is 1. The van der Waals surface area contributed by atoms with E-state index in [-0.39, 0.29) is 11.1 Å². The third-order valence-corrected chi connectivity index (χ3v) is 3.63. The van der Waals surface area contributed by atoms with Crippen LogP contribution < -0.4 is 14.8 Å². The molecule has 0 aliphatic rings. The molecular formula is C16H15Cl2NO3S. The Bertz CT molecular complexity index is 724. The SMILES string of the molecule is COc1ccc(NC(=S)c2ccoc2C)cc1OCC=C(Cl)Cl. The van der Waals surface area contributed by atoms with Crippen LogP contribution in [0.2, 0.25) is 0 Å². The van der Waals surface area contributed by atoms with E-state index in [2.05, 4.69) is 5.32 Å². The van der Waals surface area contributed by atoms with Crippen LogP contribution in [0, 0.1) is 6.92 Å². The molecule has 0 amide bonds. The van der Waals surface area contributed by atoms with E-state index in [9.17, 15) is 0 Å². The molecule has 2 rings (SSSR count). The summed E-state index contributed by atoms with van der Waals surface area (Å²) in [5, 5.41) is 3.14. The number of thiocarbonyl (C=S) groups is 1. The van der Waals surface area contributed by atoms with Crippen LogP contribution in [0.5, 0.6) is 11.5 Å². The van der Waals surface area contributed by atoms with Crippen LogP contribution in [-0.4, -0.2) is 18.7 Å². The lowest BCUT2D eigenvalue weighted by Gasteiger charge is -2.13. The first-order chi connectivity index (χ1) is 11.0. The summed E-state index contributed by atoms with van der Waals surface area (Å²) >= 11 is 16.5. The number of hydrogen-bond donors (Lipinski definition) is 1. The average molecular weight is 372 g/mol. The summed E-state index contributed by atoms with van der Waals surface area (Å²) in [6.45, 7) is 2.08. The summed E-state index contributed by atoms with van der Waals surface area (Å²) in [5.41, 5.74) is 1.61. The van der Waals surface area contributed by atoms with Crippen molar-refractivity contribution in [2.24, 2.45) is 0 Å². The van der Waals surface area contributed by atoms with Crippen molar-refractivity contribution in [1.29, 1.82) is 0 Å². The second-order valence-corrected chi connectivity index (χ2v) is 5.93. The van der Waals surface area contributed by atoms with Gasteiger partial charge in [-0.1, -0.05) is 35.4 Å². The predicted molar refractivity (Wildman–Crippen MR) is 97.0 cm³/mol. The number of nitrogens with one attached hydrogen (secondary N) is 1. The van der Waals surface area contributed by atoms with E-state index < -0.39 is 0 Å². The number of hydrogen-bond acceptors (Lipinski definition) is 4. The highest BCUT2D eigenvalue weighted by molar-refractivity contribution is 7.81. The first kappa shape index (κ1) is 17.7. The fourth-order valence-corrected chi connectivity index (χ4v) is 2.34. The highest BCUT2D eigenvalue weighted by Crippen LogP contribution is 2.30. The number of anilines is 1. The molecule has 2 aromatic rings. The minimum absolute atomic E-state index is 0.148. The van der Waals surface area contributed by atoms with Crippen molar-refractivity contribution < 1.29 is 13.9 Å². The zero-order valence-corrected chi connectivity index (χ0v) is 14.9. The highest BCUT2D eigenvalue weighted by atomic mass is 35.5. The number of halogens is 2. The zero-order chi connectivity index (χ0) is 16.8. The Hall–Kier alpha value is -1.69. The van der Waals surface area contributed by atoms with E-state index in [0.717, 1.165) is 17.0 Å². The molecule has 0 fully saturated rings. The van der Waals surface area contributed by atoms with Gasteiger partial charge in [0.1, 0.15) is 21.8 Å². The Morgan fingerprint density at radius 2 is 2.09 bits per heavy atom. The standard InChI is InChI=1S/C16H15Cl2NO3S/c1-10-12(5-7-21-10)16(23)19-11-3-4-13(20-2)14(9-11)22-8-6-15(17)18/h3-7,9H,8H2,1-2H3,(H,19,23). The van der Waals surface area contributed by atoms with Gasteiger partial charge in [-0.25, -0.2) is 0 Å². The van der Waals surface area contributed by atoms with Gasteiger partial charge >= 0.3 is 0 Å². The molecule has 1 aromatic heterocycles. The zero-order valence-electron chi connectivity index (χ0n) is 12.6. The summed E-state index contributed by atoms with van der Waals surface area (Å²) in [6, 6.07) is 7.24. The van der Waals surface area contributed by atoms with Crippen molar-refractivity contribution in [3.05, 3.63) is 52.4 Å². The summed E-state index contributed by atoms with van der Waals surface area (Å²) in [5.74, 6) is 1.91. The van der Waals surface area contributed by atoms with Gasteiger partial charge in [-0.15, -0.1) is 0 Å². The molecule has 4 nitrogen and oxygen atoms in total. The quantitative estimate of drug-likeness (QED) is 0.717. The molecular weight excluding hydrogens is 357 g/mol. The molecule has 0 unspecified atom stereocenters. The summed E-state index contributed by atoms with van der Waals surface area (Å²) in [6.07, 6.45) is 3.14. The second-order valence-electron chi connectivity index (χ2n) is 4.51. The highest BCUT2D eigenvalue weighted by Gasteiger charge is 2.10. The van der Waals surface area contributed by atoms with Crippen molar-refractivity contribution in [3.63, 3.8) is 0 Å². The fourth-order valence-electron chi connectivity index (χ4n) is 1.88. The number of benzene rings is 1. The lowest BCUT2D eigenvalue weighted by atomic mass is 10.2. The molecule has 7 heteroatoms. The molecule has 0 atom stereocenters. The molecule has 0 saturated heterocycles. The van der Waals surface area contributed by atoms with E-state index in [0.29, 0.717) is 16.5 Å². The van der Waals surface area contributed by atoms with E-state index in [4.69, 9.17) is 49.3 Å². The molecule has 0 aliphatic carbocycles.